The maximum atomic E-state index is 13.6. The molecule has 3 aromatic rings. The van der Waals surface area contributed by atoms with E-state index in [-0.39, 0.29) is 24.0 Å². The number of ether oxygens (including phenoxy) is 1. The highest BCUT2D eigenvalue weighted by Crippen LogP contribution is 2.41. The van der Waals surface area contributed by atoms with Crippen molar-refractivity contribution in [2.24, 2.45) is 5.92 Å². The van der Waals surface area contributed by atoms with E-state index in [0.29, 0.717) is 30.5 Å². The Morgan fingerprint density at radius 3 is 2.58 bits per heavy atom. The number of rotatable bonds is 12. The molecule has 0 bridgehead atoms. The van der Waals surface area contributed by atoms with Crippen molar-refractivity contribution in [2.45, 2.75) is 63.9 Å². The van der Waals surface area contributed by atoms with Gasteiger partial charge in [0.1, 0.15) is 17.6 Å². The molecule has 0 saturated carbocycles. The number of aromatic nitrogens is 1. The van der Waals surface area contributed by atoms with Crippen molar-refractivity contribution in [1.82, 2.24) is 4.98 Å². The molecule has 0 aliphatic carbocycles. The summed E-state index contributed by atoms with van der Waals surface area (Å²) in [5, 5.41) is 8.89. The van der Waals surface area contributed by atoms with E-state index in [1.807, 2.05) is 56.3 Å². The Hall–Kier alpha value is -4.03. The van der Waals surface area contributed by atoms with Crippen LogP contribution in [0.1, 0.15) is 68.6 Å². The lowest BCUT2D eigenvalue weighted by Gasteiger charge is -2.40. The SMILES string of the molecule is CCC[C@@]1(CCc2ccccc2)CC(=O)C([C@H](CC)c2cccc(NS(=O)Oc3ccc(C#N)cn3)c2)C(=O)O1. The van der Waals surface area contributed by atoms with Crippen LogP contribution in [-0.2, 0) is 32.0 Å². The number of nitrogens with zero attached hydrogens (tertiary/aromatic N) is 2. The summed E-state index contributed by atoms with van der Waals surface area (Å²) in [6.45, 7) is 3.97. The Bertz CT molecular complexity index is 1370. The zero-order valence-electron chi connectivity index (χ0n) is 22.7. The quantitative estimate of drug-likeness (QED) is 0.219. The molecule has 1 aromatic heterocycles. The van der Waals surface area contributed by atoms with E-state index in [1.165, 1.54) is 18.3 Å². The highest BCUT2D eigenvalue weighted by molar-refractivity contribution is 7.81. The zero-order chi connectivity index (χ0) is 28.5. The van der Waals surface area contributed by atoms with Crippen LogP contribution in [0.4, 0.5) is 5.69 Å². The summed E-state index contributed by atoms with van der Waals surface area (Å²) < 4.78 is 26.7. The lowest BCUT2D eigenvalue weighted by atomic mass is 9.74. The number of pyridine rings is 1. The summed E-state index contributed by atoms with van der Waals surface area (Å²) in [6.07, 6.45) is 4.86. The average Bonchev–Trinajstić information content (AvgIpc) is 2.95. The summed E-state index contributed by atoms with van der Waals surface area (Å²) >= 11 is -1.96. The van der Waals surface area contributed by atoms with Gasteiger partial charge in [-0.05, 0) is 55.0 Å². The van der Waals surface area contributed by atoms with Crippen molar-refractivity contribution in [3.8, 4) is 11.9 Å². The van der Waals surface area contributed by atoms with E-state index in [2.05, 4.69) is 9.71 Å². The summed E-state index contributed by atoms with van der Waals surface area (Å²) in [5.41, 5.74) is 2.00. The number of ketones is 1. The summed E-state index contributed by atoms with van der Waals surface area (Å²) in [5.74, 6) is -1.74. The van der Waals surface area contributed by atoms with Crippen LogP contribution in [0.15, 0.2) is 72.9 Å². The van der Waals surface area contributed by atoms with Gasteiger partial charge < -0.3 is 8.92 Å². The van der Waals surface area contributed by atoms with Gasteiger partial charge >= 0.3 is 17.2 Å². The van der Waals surface area contributed by atoms with Gasteiger partial charge in [0.15, 0.2) is 5.78 Å². The maximum Gasteiger partial charge on any atom is 0.317 e. The van der Waals surface area contributed by atoms with E-state index in [0.717, 1.165) is 24.0 Å². The van der Waals surface area contributed by atoms with Crippen LogP contribution in [0.3, 0.4) is 0 Å². The first-order chi connectivity index (χ1) is 19.4. The Balaban J connectivity index is 1.46. The third kappa shape index (κ3) is 7.13. The molecule has 0 radical (unpaired) electrons. The number of hydrogen-bond acceptors (Lipinski definition) is 7. The molecule has 2 unspecified atom stereocenters. The topological polar surface area (TPSA) is 118 Å². The summed E-state index contributed by atoms with van der Waals surface area (Å²) in [6, 6.07) is 22.1. The lowest BCUT2D eigenvalue weighted by Crippen LogP contribution is -2.49. The fourth-order valence-electron chi connectivity index (χ4n) is 5.32. The zero-order valence-corrected chi connectivity index (χ0v) is 23.5. The second-order valence-electron chi connectivity index (χ2n) is 10.0. The van der Waals surface area contributed by atoms with E-state index in [1.54, 1.807) is 18.2 Å². The molecule has 1 aliphatic rings. The first-order valence-corrected chi connectivity index (χ1v) is 14.6. The fraction of sp³-hybridized carbons (Fsp3) is 0.355. The highest BCUT2D eigenvalue weighted by atomic mass is 32.2. The first-order valence-electron chi connectivity index (χ1n) is 13.5. The van der Waals surface area contributed by atoms with Crippen molar-refractivity contribution >= 4 is 28.7 Å². The van der Waals surface area contributed by atoms with Gasteiger partial charge in [-0.1, -0.05) is 62.7 Å². The predicted octanol–water partition coefficient (Wildman–Crippen LogP) is 5.82. The largest absolute Gasteiger partial charge is 0.458 e. The number of benzene rings is 2. The molecule has 0 amide bonds. The Kier molecular flexibility index (Phi) is 9.67. The van der Waals surface area contributed by atoms with Gasteiger partial charge in [-0.2, -0.15) is 9.47 Å². The first kappa shape index (κ1) is 29.0. The highest BCUT2D eigenvalue weighted by Gasteiger charge is 2.48. The minimum atomic E-state index is -1.96. The predicted molar refractivity (Wildman–Crippen MR) is 152 cm³/mol. The van der Waals surface area contributed by atoms with E-state index < -0.39 is 28.8 Å². The average molecular weight is 560 g/mol. The number of carbonyl (C=O) groups is 2. The third-order valence-electron chi connectivity index (χ3n) is 7.22. The molecule has 0 spiro atoms. The van der Waals surface area contributed by atoms with Crippen molar-refractivity contribution in [2.75, 3.05) is 4.72 Å². The molecule has 1 N–H and O–H groups in total. The van der Waals surface area contributed by atoms with Crippen LogP contribution in [0.25, 0.3) is 0 Å². The van der Waals surface area contributed by atoms with E-state index in [9.17, 15) is 13.8 Å². The molecule has 1 fully saturated rings. The van der Waals surface area contributed by atoms with Gasteiger partial charge in [0.05, 0.1) is 5.56 Å². The van der Waals surface area contributed by atoms with E-state index in [4.69, 9.17) is 14.2 Å². The van der Waals surface area contributed by atoms with Crippen LogP contribution >= 0.6 is 0 Å². The molecular formula is C31H33N3O5S. The van der Waals surface area contributed by atoms with Gasteiger partial charge in [-0.25, -0.2) is 4.98 Å². The van der Waals surface area contributed by atoms with Gasteiger partial charge in [-0.3, -0.25) is 14.3 Å². The van der Waals surface area contributed by atoms with Crippen molar-refractivity contribution in [3.63, 3.8) is 0 Å². The second-order valence-corrected chi connectivity index (χ2v) is 10.9. The van der Waals surface area contributed by atoms with Gasteiger partial charge in [0.2, 0.25) is 5.88 Å². The molecule has 1 saturated heterocycles. The van der Waals surface area contributed by atoms with Crippen molar-refractivity contribution in [3.05, 3.63) is 89.6 Å². The van der Waals surface area contributed by atoms with Crippen LogP contribution < -0.4 is 8.91 Å². The minimum Gasteiger partial charge on any atom is -0.458 e. The molecule has 208 valence electrons. The lowest BCUT2D eigenvalue weighted by molar-refractivity contribution is -0.180. The number of nitrogens with one attached hydrogen (secondary N) is 1. The van der Waals surface area contributed by atoms with Gasteiger partial charge in [0.25, 0.3) is 0 Å². The molecule has 40 heavy (non-hydrogen) atoms. The number of esters is 1. The Morgan fingerprint density at radius 1 is 1.12 bits per heavy atom. The second kappa shape index (κ2) is 13.4. The summed E-state index contributed by atoms with van der Waals surface area (Å²) in [4.78, 5) is 31.0. The molecule has 1 aliphatic heterocycles. The number of aryl methyl sites for hydroxylation is 1. The van der Waals surface area contributed by atoms with Gasteiger partial charge in [0, 0.05) is 30.3 Å². The third-order valence-corrected chi connectivity index (χ3v) is 7.94. The molecule has 2 heterocycles. The number of Topliss-reactive ketones (excluding diaryl/α,β-unsaturated/α-hetero) is 1. The molecule has 8 nitrogen and oxygen atoms in total. The number of hydrogen-bond donors (Lipinski definition) is 1. The monoisotopic (exact) mass is 559 g/mol. The van der Waals surface area contributed by atoms with Crippen molar-refractivity contribution < 1.29 is 22.7 Å². The number of cyclic esters (lactones) is 1. The van der Waals surface area contributed by atoms with Crippen LogP contribution in [0.5, 0.6) is 5.88 Å². The summed E-state index contributed by atoms with van der Waals surface area (Å²) in [7, 11) is 0. The normalized spacial score (nSPS) is 20.2. The van der Waals surface area contributed by atoms with Gasteiger partial charge in [-0.15, -0.1) is 0 Å². The molecule has 4 rings (SSSR count). The fourth-order valence-corrected chi connectivity index (χ4v) is 5.94. The smallest absolute Gasteiger partial charge is 0.317 e. The van der Waals surface area contributed by atoms with Crippen molar-refractivity contribution in [1.29, 1.82) is 5.26 Å². The van der Waals surface area contributed by atoms with E-state index >= 15 is 0 Å². The van der Waals surface area contributed by atoms with Crippen LogP contribution in [0, 0.1) is 17.2 Å². The molecular weight excluding hydrogens is 526 g/mol. The van der Waals surface area contributed by atoms with Crippen LogP contribution in [0.2, 0.25) is 0 Å². The Morgan fingerprint density at radius 2 is 1.93 bits per heavy atom. The number of carbonyl (C=O) groups excluding carboxylic acids is 2. The molecule has 4 atom stereocenters. The number of nitriles is 1. The van der Waals surface area contributed by atoms with Crippen LogP contribution in [-0.4, -0.2) is 26.5 Å². The molecule has 2 aromatic carbocycles. The minimum absolute atomic E-state index is 0.0956. The maximum absolute atomic E-state index is 13.6. The Labute approximate surface area is 237 Å². The number of anilines is 1. The molecule has 9 heteroatoms. The standard InChI is InChI=1S/C31H33N3O5S/c1-3-16-31(17-15-22-9-6-5-7-10-22)19-27(35)29(30(36)38-31)26(4-2)24-11-8-12-25(18-24)34-40(37)39-28-14-13-23(20-32)21-33-28/h5-14,18,21,26,29,34H,3-4,15-17,19H2,1-2H3/t26-,29?,31-,40?/m1/s1.